The van der Waals surface area contributed by atoms with Gasteiger partial charge in [-0.25, -0.2) is 0 Å². The number of carboxylic acid groups (broad SMARTS) is 1. The Balaban J connectivity index is 2.78. The summed E-state index contributed by atoms with van der Waals surface area (Å²) < 4.78 is 0. The van der Waals surface area contributed by atoms with Crippen LogP contribution in [0.5, 0.6) is 0 Å². The van der Waals surface area contributed by atoms with Crippen LogP contribution in [0.1, 0.15) is 10.4 Å². The number of amides is 1. The average Bonchev–Trinajstić information content (AvgIpc) is 2.33. The van der Waals surface area contributed by atoms with Gasteiger partial charge in [-0.3, -0.25) is 9.59 Å². The minimum atomic E-state index is -1.10. The van der Waals surface area contributed by atoms with Crippen molar-refractivity contribution in [3.63, 3.8) is 0 Å². The molecule has 0 bridgehead atoms. The number of aliphatic carboxylic acids is 1. The molecule has 1 amide bonds. The Morgan fingerprint density at radius 3 is 2.76 bits per heavy atom. The zero-order valence-electron chi connectivity index (χ0n) is 8.84. The van der Waals surface area contributed by atoms with E-state index in [-0.39, 0.29) is 5.75 Å². The van der Waals surface area contributed by atoms with Gasteiger partial charge < -0.3 is 10.4 Å². The first-order chi connectivity index (χ1) is 8.15. The van der Waals surface area contributed by atoms with E-state index in [1.807, 2.05) is 6.07 Å². The van der Waals surface area contributed by atoms with Gasteiger partial charge in [0, 0.05) is 4.90 Å². The van der Waals surface area contributed by atoms with Gasteiger partial charge in [-0.2, -0.15) is 5.26 Å². The summed E-state index contributed by atoms with van der Waals surface area (Å²) in [6.45, 7) is -0.421. The molecule has 0 aromatic heterocycles. The smallest absolute Gasteiger partial charge is 0.322 e. The Hall–Kier alpha value is -2.00. The highest BCUT2D eigenvalue weighted by molar-refractivity contribution is 7.99. The highest BCUT2D eigenvalue weighted by atomic mass is 32.2. The van der Waals surface area contributed by atoms with Crippen LogP contribution in [0.3, 0.4) is 0 Å². The first kappa shape index (κ1) is 13.1. The first-order valence-electron chi connectivity index (χ1n) is 4.74. The number of carbonyl (C=O) groups is 2. The summed E-state index contributed by atoms with van der Waals surface area (Å²) >= 11 is 1.24. The highest BCUT2D eigenvalue weighted by Crippen LogP contribution is 2.21. The maximum Gasteiger partial charge on any atom is 0.322 e. The normalized spacial score (nSPS) is 9.35. The Morgan fingerprint density at radius 1 is 1.41 bits per heavy atom. The number of hydrogen-bond donors (Lipinski definition) is 2. The Bertz CT molecular complexity index is 468. The van der Waals surface area contributed by atoms with Crippen LogP contribution in [0.2, 0.25) is 0 Å². The van der Waals surface area contributed by atoms with Gasteiger partial charge in [-0.1, -0.05) is 12.1 Å². The first-order valence-corrected chi connectivity index (χ1v) is 5.72. The molecule has 0 aliphatic rings. The second-order valence-corrected chi connectivity index (χ2v) is 4.04. The number of nitrogens with zero attached hydrogens (tertiary/aromatic N) is 1. The van der Waals surface area contributed by atoms with Crippen LogP contribution < -0.4 is 5.32 Å². The summed E-state index contributed by atoms with van der Waals surface area (Å²) in [5.41, 5.74) is 0.383. The predicted octanol–water partition coefficient (Wildman–Crippen LogP) is 1.12. The monoisotopic (exact) mass is 250 g/mol. The van der Waals surface area contributed by atoms with Crippen LogP contribution in [0.25, 0.3) is 0 Å². The lowest BCUT2D eigenvalue weighted by molar-refractivity contribution is -0.135. The van der Waals surface area contributed by atoms with E-state index >= 15 is 0 Å². The van der Waals surface area contributed by atoms with Crippen LogP contribution in [-0.2, 0) is 4.79 Å². The number of benzene rings is 1. The predicted molar refractivity (Wildman–Crippen MR) is 62.7 cm³/mol. The molecule has 0 saturated carbocycles. The summed E-state index contributed by atoms with van der Waals surface area (Å²) in [5, 5.41) is 19.2. The second kappa shape index (κ2) is 6.55. The fourth-order valence-corrected chi connectivity index (χ4v) is 1.85. The van der Waals surface area contributed by atoms with Crippen molar-refractivity contribution < 1.29 is 14.7 Å². The van der Waals surface area contributed by atoms with Gasteiger partial charge in [-0.15, -0.1) is 11.8 Å². The van der Waals surface area contributed by atoms with Gasteiger partial charge in [0.05, 0.1) is 17.4 Å². The molecular formula is C11H10N2O3S. The van der Waals surface area contributed by atoms with Crippen LogP contribution in [0.4, 0.5) is 0 Å². The maximum absolute atomic E-state index is 11.7. The summed E-state index contributed by atoms with van der Waals surface area (Å²) in [6.07, 6.45) is 0. The van der Waals surface area contributed by atoms with Gasteiger partial charge in [0.1, 0.15) is 6.54 Å². The standard InChI is InChI=1S/C11H10N2O3S/c12-5-6-17-9-4-2-1-3-8(9)11(16)13-7-10(14)15/h1-4H,6-7H2,(H,13,16)(H,14,15). The van der Waals surface area contributed by atoms with Crippen molar-refractivity contribution in [2.24, 2.45) is 0 Å². The third-order valence-corrected chi connectivity index (χ3v) is 2.76. The minimum absolute atomic E-state index is 0.239. The lowest BCUT2D eigenvalue weighted by Crippen LogP contribution is -2.29. The largest absolute Gasteiger partial charge is 0.480 e. The molecule has 1 aromatic rings. The minimum Gasteiger partial charge on any atom is -0.480 e. The van der Waals surface area contributed by atoms with Crippen molar-refractivity contribution >= 4 is 23.6 Å². The third kappa shape index (κ3) is 4.17. The highest BCUT2D eigenvalue weighted by Gasteiger charge is 2.11. The molecule has 2 N–H and O–H groups in total. The molecule has 0 unspecified atom stereocenters. The van der Waals surface area contributed by atoms with Crippen LogP contribution in [0, 0.1) is 11.3 Å². The number of carbonyl (C=O) groups excluding carboxylic acids is 1. The Kier molecular flexibility index (Phi) is 5.04. The summed E-state index contributed by atoms with van der Waals surface area (Å²) in [6, 6.07) is 8.73. The lowest BCUT2D eigenvalue weighted by atomic mass is 10.2. The number of nitrogens with one attached hydrogen (secondary N) is 1. The van der Waals surface area contributed by atoms with Gasteiger partial charge in [0.15, 0.2) is 0 Å². The van der Waals surface area contributed by atoms with Crippen molar-refractivity contribution in [3.8, 4) is 6.07 Å². The number of thioether (sulfide) groups is 1. The van der Waals surface area contributed by atoms with Crippen molar-refractivity contribution in [1.82, 2.24) is 5.32 Å². The van der Waals surface area contributed by atoms with E-state index in [1.54, 1.807) is 24.3 Å². The molecule has 17 heavy (non-hydrogen) atoms. The third-order valence-electron chi connectivity index (χ3n) is 1.82. The molecule has 0 aliphatic heterocycles. The molecule has 5 nitrogen and oxygen atoms in total. The number of rotatable bonds is 5. The van der Waals surface area contributed by atoms with E-state index in [2.05, 4.69) is 5.32 Å². The van der Waals surface area contributed by atoms with Crippen molar-refractivity contribution in [1.29, 1.82) is 5.26 Å². The fourth-order valence-electron chi connectivity index (χ4n) is 1.14. The van der Waals surface area contributed by atoms with Crippen molar-refractivity contribution in [2.45, 2.75) is 4.90 Å². The van der Waals surface area contributed by atoms with E-state index in [0.717, 1.165) is 0 Å². The fraction of sp³-hybridized carbons (Fsp3) is 0.182. The number of nitriles is 1. The molecule has 0 atom stereocenters. The van der Waals surface area contributed by atoms with E-state index < -0.39 is 18.4 Å². The summed E-state index contributed by atoms with van der Waals surface area (Å²) in [4.78, 5) is 22.7. The Labute approximate surface area is 102 Å². The van der Waals surface area contributed by atoms with Crippen molar-refractivity contribution in [2.75, 3.05) is 12.3 Å². The van der Waals surface area contributed by atoms with Crippen LogP contribution in [-0.4, -0.2) is 29.3 Å². The van der Waals surface area contributed by atoms with E-state index in [0.29, 0.717) is 10.5 Å². The molecule has 1 rings (SSSR count). The zero-order valence-corrected chi connectivity index (χ0v) is 9.66. The number of carboxylic acids is 1. The molecule has 88 valence electrons. The number of hydrogen-bond acceptors (Lipinski definition) is 4. The molecular weight excluding hydrogens is 240 g/mol. The van der Waals surface area contributed by atoms with Gasteiger partial charge >= 0.3 is 5.97 Å². The van der Waals surface area contributed by atoms with Gasteiger partial charge in [0.25, 0.3) is 5.91 Å². The molecule has 1 aromatic carbocycles. The molecule has 6 heteroatoms. The molecule has 0 saturated heterocycles. The van der Waals surface area contributed by atoms with E-state index in [4.69, 9.17) is 10.4 Å². The maximum atomic E-state index is 11.7. The summed E-state index contributed by atoms with van der Waals surface area (Å²) in [7, 11) is 0. The average molecular weight is 250 g/mol. The SMILES string of the molecule is N#CCSc1ccccc1C(=O)NCC(=O)O. The van der Waals surface area contributed by atoms with Gasteiger partial charge in [0.2, 0.25) is 0 Å². The second-order valence-electron chi connectivity index (χ2n) is 3.02. The molecule has 0 spiro atoms. The van der Waals surface area contributed by atoms with Crippen molar-refractivity contribution in [3.05, 3.63) is 29.8 Å². The topological polar surface area (TPSA) is 90.2 Å². The molecule has 0 heterocycles. The Morgan fingerprint density at radius 2 is 2.12 bits per heavy atom. The van der Waals surface area contributed by atoms with E-state index in [1.165, 1.54) is 11.8 Å². The molecule has 0 aliphatic carbocycles. The quantitative estimate of drug-likeness (QED) is 0.764. The molecule has 0 radical (unpaired) electrons. The lowest BCUT2D eigenvalue weighted by Gasteiger charge is -2.06. The van der Waals surface area contributed by atoms with Gasteiger partial charge in [-0.05, 0) is 12.1 Å². The zero-order chi connectivity index (χ0) is 12.7. The van der Waals surface area contributed by atoms with Crippen LogP contribution in [0.15, 0.2) is 29.2 Å². The van der Waals surface area contributed by atoms with E-state index in [9.17, 15) is 9.59 Å². The van der Waals surface area contributed by atoms with Crippen LogP contribution >= 0.6 is 11.8 Å². The summed E-state index contributed by atoms with van der Waals surface area (Å²) in [5.74, 6) is -1.31. The molecule has 0 fully saturated rings.